The Labute approximate surface area is 187 Å². The number of nitrogens with zero attached hydrogens (tertiary/aromatic N) is 2. The topological polar surface area (TPSA) is 66.0 Å². The molecule has 3 atom stereocenters. The summed E-state index contributed by atoms with van der Waals surface area (Å²) >= 11 is 0. The van der Waals surface area contributed by atoms with E-state index < -0.39 is 0 Å². The van der Waals surface area contributed by atoms with Crippen LogP contribution in [0.15, 0.2) is 4.99 Å². The number of carbonyl (C=O) groups excluding carboxylic acids is 1. The van der Waals surface area contributed by atoms with Gasteiger partial charge in [0, 0.05) is 44.6 Å². The van der Waals surface area contributed by atoms with Gasteiger partial charge in [0.2, 0.25) is 5.91 Å². The van der Waals surface area contributed by atoms with E-state index in [9.17, 15) is 4.79 Å². The lowest BCUT2D eigenvalue weighted by molar-refractivity contribution is -0.188. The summed E-state index contributed by atoms with van der Waals surface area (Å²) in [6.45, 7) is 8.94. The lowest BCUT2D eigenvalue weighted by Crippen LogP contribution is -2.71. The molecule has 0 aromatic carbocycles. The van der Waals surface area contributed by atoms with Gasteiger partial charge in [-0.2, -0.15) is 0 Å². The summed E-state index contributed by atoms with van der Waals surface area (Å²) in [6, 6.07) is 0.365. The Balaban J connectivity index is 0.00000280. The van der Waals surface area contributed by atoms with Gasteiger partial charge in [0.1, 0.15) is 0 Å². The molecule has 162 valence electrons. The molecular weight excluding hydrogens is 467 g/mol. The van der Waals surface area contributed by atoms with Crippen molar-refractivity contribution in [2.45, 2.75) is 71.4 Å². The SMILES string of the molecule is CCNC(=NCC1(C(=O)N(C)C)CCCC1)NC1C2CCCOC2C1(C)C.I. The first kappa shape index (κ1) is 23.7. The lowest BCUT2D eigenvalue weighted by Gasteiger charge is -2.60. The number of hydrogen-bond acceptors (Lipinski definition) is 3. The zero-order chi connectivity index (χ0) is 19.7. The van der Waals surface area contributed by atoms with Gasteiger partial charge >= 0.3 is 0 Å². The largest absolute Gasteiger partial charge is 0.377 e. The second-order valence-corrected chi connectivity index (χ2v) is 9.42. The molecule has 1 amide bonds. The lowest BCUT2D eigenvalue weighted by atomic mass is 9.55. The van der Waals surface area contributed by atoms with Crippen molar-refractivity contribution in [2.24, 2.45) is 21.7 Å². The fourth-order valence-corrected chi connectivity index (χ4v) is 5.48. The fraction of sp³-hybridized carbons (Fsp3) is 0.905. The van der Waals surface area contributed by atoms with E-state index in [1.165, 1.54) is 6.42 Å². The van der Waals surface area contributed by atoms with Crippen molar-refractivity contribution in [1.29, 1.82) is 0 Å². The summed E-state index contributed by atoms with van der Waals surface area (Å²) in [6.07, 6.45) is 6.84. The number of amides is 1. The van der Waals surface area contributed by atoms with Gasteiger partial charge in [-0.05, 0) is 32.6 Å². The Morgan fingerprint density at radius 1 is 1.21 bits per heavy atom. The van der Waals surface area contributed by atoms with Crippen molar-refractivity contribution in [2.75, 3.05) is 33.8 Å². The molecule has 1 saturated heterocycles. The molecule has 6 nitrogen and oxygen atoms in total. The smallest absolute Gasteiger partial charge is 0.230 e. The maximum absolute atomic E-state index is 12.8. The van der Waals surface area contributed by atoms with E-state index >= 15 is 0 Å². The average Bonchev–Trinajstić information content (AvgIpc) is 3.13. The molecule has 1 heterocycles. The fourth-order valence-electron chi connectivity index (χ4n) is 5.48. The number of nitrogens with one attached hydrogen (secondary N) is 2. The van der Waals surface area contributed by atoms with Gasteiger partial charge in [-0.3, -0.25) is 9.79 Å². The van der Waals surface area contributed by atoms with E-state index in [-0.39, 0.29) is 40.7 Å². The van der Waals surface area contributed by atoms with E-state index in [1.54, 1.807) is 4.90 Å². The second kappa shape index (κ2) is 9.49. The number of fused-ring (bicyclic) bond motifs is 1. The molecule has 0 radical (unpaired) electrons. The molecule has 0 bridgehead atoms. The predicted octanol–water partition coefficient (Wildman–Crippen LogP) is 3.01. The van der Waals surface area contributed by atoms with Crippen molar-refractivity contribution < 1.29 is 9.53 Å². The van der Waals surface area contributed by atoms with E-state index in [0.29, 0.717) is 24.6 Å². The van der Waals surface area contributed by atoms with Crippen LogP contribution in [-0.2, 0) is 9.53 Å². The third-order valence-electron chi connectivity index (χ3n) is 6.93. The van der Waals surface area contributed by atoms with Gasteiger partial charge in [0.15, 0.2) is 5.96 Å². The van der Waals surface area contributed by atoms with Gasteiger partial charge in [0.05, 0.1) is 18.1 Å². The highest BCUT2D eigenvalue weighted by molar-refractivity contribution is 14.0. The van der Waals surface area contributed by atoms with Gasteiger partial charge in [-0.25, -0.2) is 0 Å². The summed E-state index contributed by atoms with van der Waals surface area (Å²) in [5, 5.41) is 7.08. The molecule has 3 aliphatic rings. The molecule has 0 aromatic rings. The van der Waals surface area contributed by atoms with Crippen molar-refractivity contribution in [3.05, 3.63) is 0 Å². The highest BCUT2D eigenvalue weighted by Gasteiger charge is 2.58. The van der Waals surface area contributed by atoms with Crippen LogP contribution in [-0.4, -0.2) is 62.7 Å². The van der Waals surface area contributed by atoms with Crippen molar-refractivity contribution in [1.82, 2.24) is 15.5 Å². The van der Waals surface area contributed by atoms with Crippen LogP contribution >= 0.6 is 24.0 Å². The molecule has 3 fully saturated rings. The number of aliphatic imine (C=N–C) groups is 1. The summed E-state index contributed by atoms with van der Waals surface area (Å²) in [5.74, 6) is 1.63. The Morgan fingerprint density at radius 3 is 2.50 bits per heavy atom. The molecule has 3 unspecified atom stereocenters. The van der Waals surface area contributed by atoms with Crippen molar-refractivity contribution >= 4 is 35.8 Å². The first-order valence-electron chi connectivity index (χ1n) is 10.7. The Hall–Kier alpha value is -0.570. The number of carbonyl (C=O) groups is 1. The summed E-state index contributed by atoms with van der Waals surface area (Å²) in [7, 11) is 3.71. The Kier molecular flexibility index (Phi) is 8.04. The van der Waals surface area contributed by atoms with Crippen LogP contribution in [0.1, 0.15) is 59.3 Å². The van der Waals surface area contributed by atoms with Gasteiger partial charge in [-0.1, -0.05) is 26.7 Å². The zero-order valence-electron chi connectivity index (χ0n) is 18.2. The summed E-state index contributed by atoms with van der Waals surface area (Å²) in [5.41, 5.74) is -0.219. The predicted molar refractivity (Wildman–Crippen MR) is 124 cm³/mol. The van der Waals surface area contributed by atoms with Crippen LogP contribution in [0.5, 0.6) is 0 Å². The third-order valence-corrected chi connectivity index (χ3v) is 6.93. The van der Waals surface area contributed by atoms with Crippen LogP contribution in [0, 0.1) is 16.7 Å². The van der Waals surface area contributed by atoms with E-state index in [2.05, 4.69) is 31.4 Å². The monoisotopic (exact) mass is 506 g/mol. The normalized spacial score (nSPS) is 30.5. The van der Waals surface area contributed by atoms with Crippen molar-refractivity contribution in [3.63, 3.8) is 0 Å². The van der Waals surface area contributed by atoms with E-state index in [1.807, 2.05) is 14.1 Å². The summed E-state index contributed by atoms with van der Waals surface area (Å²) < 4.78 is 6.03. The zero-order valence-corrected chi connectivity index (χ0v) is 20.5. The highest BCUT2D eigenvalue weighted by Crippen LogP contribution is 2.51. The molecular formula is C21H39IN4O2. The number of ether oxygens (including phenoxy) is 1. The molecule has 1 aliphatic heterocycles. The molecule has 0 aromatic heterocycles. The van der Waals surface area contributed by atoms with Gasteiger partial charge in [0.25, 0.3) is 0 Å². The highest BCUT2D eigenvalue weighted by atomic mass is 127. The number of halogens is 1. The molecule has 2 saturated carbocycles. The van der Waals surface area contributed by atoms with Crippen LogP contribution in [0.25, 0.3) is 0 Å². The van der Waals surface area contributed by atoms with Crippen LogP contribution in [0.3, 0.4) is 0 Å². The minimum absolute atomic E-state index is 0. The van der Waals surface area contributed by atoms with Crippen LogP contribution in [0.2, 0.25) is 0 Å². The molecule has 2 aliphatic carbocycles. The molecule has 0 spiro atoms. The molecule has 2 N–H and O–H groups in total. The molecule has 7 heteroatoms. The first-order chi connectivity index (χ1) is 12.8. The Morgan fingerprint density at radius 2 is 1.89 bits per heavy atom. The average molecular weight is 506 g/mol. The van der Waals surface area contributed by atoms with E-state index in [4.69, 9.17) is 9.73 Å². The quantitative estimate of drug-likeness (QED) is 0.342. The number of guanidine groups is 1. The number of hydrogen-bond donors (Lipinski definition) is 2. The van der Waals surface area contributed by atoms with Crippen molar-refractivity contribution in [3.8, 4) is 0 Å². The minimum Gasteiger partial charge on any atom is -0.377 e. The summed E-state index contributed by atoms with van der Waals surface area (Å²) in [4.78, 5) is 19.5. The number of rotatable bonds is 5. The third kappa shape index (κ3) is 4.45. The van der Waals surface area contributed by atoms with Gasteiger partial charge in [-0.15, -0.1) is 24.0 Å². The van der Waals surface area contributed by atoms with Crippen LogP contribution < -0.4 is 10.6 Å². The maximum atomic E-state index is 12.8. The minimum atomic E-state index is -0.322. The maximum Gasteiger partial charge on any atom is 0.230 e. The molecule has 28 heavy (non-hydrogen) atoms. The Bertz CT molecular complexity index is 573. The standard InChI is InChI=1S/C21H38N4O2.HI/c1-6-22-19(23-14-21(11-7-8-12-21)18(26)25(4)5)24-16-15-10-9-13-27-17(15)20(16,2)3;/h15-17H,6-14H2,1-5H3,(H2,22,23,24);1H. The van der Waals surface area contributed by atoms with Gasteiger partial charge < -0.3 is 20.3 Å². The van der Waals surface area contributed by atoms with E-state index in [0.717, 1.165) is 51.2 Å². The first-order valence-corrected chi connectivity index (χ1v) is 10.7. The second-order valence-electron chi connectivity index (χ2n) is 9.42. The van der Waals surface area contributed by atoms with Crippen LogP contribution in [0.4, 0.5) is 0 Å². The molecule has 3 rings (SSSR count).